The highest BCUT2D eigenvalue weighted by molar-refractivity contribution is 6.30. The molecular formula is C25H25ClN4O3. The number of amides is 1. The van der Waals surface area contributed by atoms with Crippen molar-refractivity contribution >= 4 is 23.2 Å². The summed E-state index contributed by atoms with van der Waals surface area (Å²) in [7, 11) is 0. The fourth-order valence-corrected chi connectivity index (χ4v) is 3.62. The van der Waals surface area contributed by atoms with Crippen LogP contribution in [0.3, 0.4) is 0 Å². The number of rotatable bonds is 7. The molecule has 1 N–H and O–H groups in total. The van der Waals surface area contributed by atoms with Gasteiger partial charge in [-0.05, 0) is 57.5 Å². The average molecular weight is 465 g/mol. The molecule has 0 radical (unpaired) electrons. The lowest BCUT2D eigenvalue weighted by Gasteiger charge is -2.09. The van der Waals surface area contributed by atoms with Crippen LogP contribution in [0.1, 0.15) is 44.3 Å². The summed E-state index contributed by atoms with van der Waals surface area (Å²) in [5.41, 5.74) is 5.22. The third-order valence-corrected chi connectivity index (χ3v) is 5.72. The van der Waals surface area contributed by atoms with Gasteiger partial charge in [-0.1, -0.05) is 46.6 Å². The maximum Gasteiger partial charge on any atom is 0.278 e. The first-order valence-corrected chi connectivity index (χ1v) is 10.9. The van der Waals surface area contributed by atoms with Crippen molar-refractivity contribution in [1.29, 1.82) is 0 Å². The molecule has 0 aliphatic carbocycles. The second-order valence-electron chi connectivity index (χ2n) is 7.95. The quantitative estimate of drug-likeness (QED) is 0.383. The lowest BCUT2D eigenvalue weighted by Crippen LogP contribution is -2.16. The van der Waals surface area contributed by atoms with Gasteiger partial charge < -0.3 is 14.6 Å². The van der Waals surface area contributed by atoms with Gasteiger partial charge in [0.25, 0.3) is 5.91 Å². The molecule has 33 heavy (non-hydrogen) atoms. The Balaban J connectivity index is 1.50. The number of nitrogens with one attached hydrogen (secondary N) is 1. The van der Waals surface area contributed by atoms with Crippen LogP contribution in [-0.4, -0.2) is 20.8 Å². The van der Waals surface area contributed by atoms with E-state index in [1.54, 1.807) is 6.92 Å². The number of halogens is 1. The van der Waals surface area contributed by atoms with Crippen LogP contribution in [-0.2, 0) is 13.2 Å². The maximum atomic E-state index is 13.1. The zero-order valence-electron chi connectivity index (χ0n) is 19.0. The van der Waals surface area contributed by atoms with Crippen molar-refractivity contribution in [3.63, 3.8) is 0 Å². The van der Waals surface area contributed by atoms with E-state index in [1.165, 1.54) is 0 Å². The number of carbonyl (C=O) groups is 1. The summed E-state index contributed by atoms with van der Waals surface area (Å²) in [6.45, 7) is 8.29. The van der Waals surface area contributed by atoms with Crippen molar-refractivity contribution in [2.75, 3.05) is 5.32 Å². The molecule has 2 aromatic heterocycles. The summed E-state index contributed by atoms with van der Waals surface area (Å²) in [6.07, 6.45) is 0. The molecule has 8 heteroatoms. The van der Waals surface area contributed by atoms with Gasteiger partial charge in [0, 0.05) is 5.02 Å². The Morgan fingerprint density at radius 3 is 2.45 bits per heavy atom. The van der Waals surface area contributed by atoms with Gasteiger partial charge >= 0.3 is 0 Å². The third-order valence-electron chi connectivity index (χ3n) is 5.47. The van der Waals surface area contributed by atoms with E-state index in [4.69, 9.17) is 20.9 Å². The van der Waals surface area contributed by atoms with Crippen molar-refractivity contribution in [1.82, 2.24) is 14.9 Å². The smallest absolute Gasteiger partial charge is 0.278 e. The number of ether oxygens (including phenoxy) is 1. The van der Waals surface area contributed by atoms with Crippen molar-refractivity contribution < 1.29 is 14.1 Å². The molecule has 4 rings (SSSR count). The van der Waals surface area contributed by atoms with Gasteiger partial charge in [0.2, 0.25) is 0 Å². The largest absolute Gasteiger partial charge is 0.489 e. The second kappa shape index (κ2) is 9.50. The Labute approximate surface area is 197 Å². The van der Waals surface area contributed by atoms with E-state index in [0.29, 0.717) is 40.0 Å². The van der Waals surface area contributed by atoms with E-state index in [0.717, 1.165) is 16.8 Å². The van der Waals surface area contributed by atoms with E-state index in [9.17, 15) is 4.79 Å². The topological polar surface area (TPSA) is 82.2 Å². The standard InChI is InChI=1S/C25H25ClN4O3/c1-15-5-11-21(12-6-15)32-14-22-18(4)33-29-24(22)25(31)27-23-16(2)28-30(17(23)3)13-19-7-9-20(26)10-8-19/h5-12H,13-14H2,1-4H3,(H,27,31). The molecule has 0 aliphatic rings. The molecule has 0 saturated heterocycles. The number of aryl methyl sites for hydroxylation is 3. The van der Waals surface area contributed by atoms with Gasteiger partial charge in [-0.25, -0.2) is 0 Å². The Kier molecular flexibility index (Phi) is 6.51. The van der Waals surface area contributed by atoms with Crippen LogP contribution in [0.15, 0.2) is 53.1 Å². The van der Waals surface area contributed by atoms with Crippen LogP contribution >= 0.6 is 11.6 Å². The van der Waals surface area contributed by atoms with E-state index in [1.807, 2.05) is 74.0 Å². The highest BCUT2D eigenvalue weighted by Gasteiger charge is 2.23. The molecule has 1 amide bonds. The highest BCUT2D eigenvalue weighted by atomic mass is 35.5. The Morgan fingerprint density at radius 2 is 1.76 bits per heavy atom. The fraction of sp³-hybridized carbons (Fsp3) is 0.240. The summed E-state index contributed by atoms with van der Waals surface area (Å²) in [6, 6.07) is 15.3. The molecule has 0 atom stereocenters. The minimum Gasteiger partial charge on any atom is -0.489 e. The SMILES string of the molecule is Cc1ccc(OCc2c(C(=O)Nc3c(C)nn(Cc4ccc(Cl)cc4)c3C)noc2C)cc1. The minimum atomic E-state index is -0.369. The van der Waals surface area contributed by atoms with Gasteiger partial charge in [-0.2, -0.15) is 5.10 Å². The van der Waals surface area contributed by atoms with Gasteiger partial charge in [0.15, 0.2) is 5.69 Å². The number of nitrogens with zero attached hydrogens (tertiary/aromatic N) is 3. The molecule has 2 heterocycles. The minimum absolute atomic E-state index is 0.176. The van der Waals surface area contributed by atoms with Crippen molar-refractivity contribution in [3.8, 4) is 5.75 Å². The normalized spacial score (nSPS) is 10.9. The Hall–Kier alpha value is -3.58. The molecule has 0 fully saturated rings. The fourth-order valence-electron chi connectivity index (χ4n) is 3.50. The molecule has 7 nitrogen and oxygen atoms in total. The zero-order chi connectivity index (χ0) is 23.5. The third kappa shape index (κ3) is 5.09. The summed E-state index contributed by atoms with van der Waals surface area (Å²) in [4.78, 5) is 13.1. The van der Waals surface area contributed by atoms with Crippen LogP contribution in [0.25, 0.3) is 0 Å². The summed E-state index contributed by atoms with van der Waals surface area (Å²) < 4.78 is 13.0. The summed E-state index contributed by atoms with van der Waals surface area (Å²) in [5, 5.41) is 12.2. The monoisotopic (exact) mass is 464 g/mol. The molecule has 0 aliphatic heterocycles. The highest BCUT2D eigenvalue weighted by Crippen LogP contribution is 2.24. The van der Waals surface area contributed by atoms with E-state index in [2.05, 4.69) is 15.6 Å². The Morgan fingerprint density at radius 1 is 1.06 bits per heavy atom. The molecule has 2 aromatic carbocycles. The number of hydrogen-bond acceptors (Lipinski definition) is 5. The molecule has 4 aromatic rings. The number of anilines is 1. The van der Waals surface area contributed by atoms with Crippen LogP contribution in [0, 0.1) is 27.7 Å². The van der Waals surface area contributed by atoms with Crippen molar-refractivity contribution in [3.05, 3.63) is 93.1 Å². The molecule has 0 spiro atoms. The molecule has 0 unspecified atom stereocenters. The van der Waals surface area contributed by atoms with E-state index < -0.39 is 0 Å². The number of hydrogen-bond donors (Lipinski definition) is 1. The maximum absolute atomic E-state index is 13.1. The van der Waals surface area contributed by atoms with Crippen LogP contribution in [0.2, 0.25) is 5.02 Å². The van der Waals surface area contributed by atoms with E-state index in [-0.39, 0.29) is 18.2 Å². The predicted molar refractivity (Wildman–Crippen MR) is 127 cm³/mol. The lowest BCUT2D eigenvalue weighted by molar-refractivity contribution is 0.101. The number of carbonyl (C=O) groups excluding carboxylic acids is 1. The summed E-state index contributed by atoms with van der Waals surface area (Å²) in [5.74, 6) is 0.883. The first-order valence-electron chi connectivity index (χ1n) is 10.6. The van der Waals surface area contributed by atoms with E-state index >= 15 is 0 Å². The Bertz CT molecular complexity index is 1270. The van der Waals surface area contributed by atoms with Crippen molar-refractivity contribution in [2.24, 2.45) is 0 Å². The van der Waals surface area contributed by atoms with Crippen molar-refractivity contribution in [2.45, 2.75) is 40.8 Å². The predicted octanol–water partition coefficient (Wildman–Crippen LogP) is 5.64. The van der Waals surface area contributed by atoms with Crippen LogP contribution < -0.4 is 10.1 Å². The molecule has 0 saturated carbocycles. The molecule has 170 valence electrons. The first-order chi connectivity index (χ1) is 15.8. The van der Waals surface area contributed by atoms with Gasteiger partial charge in [-0.3, -0.25) is 9.48 Å². The van der Waals surface area contributed by atoms with Crippen LogP contribution in [0.5, 0.6) is 5.75 Å². The number of benzene rings is 2. The van der Waals surface area contributed by atoms with Gasteiger partial charge in [0.1, 0.15) is 18.1 Å². The first kappa shape index (κ1) is 22.6. The number of aromatic nitrogens is 3. The summed E-state index contributed by atoms with van der Waals surface area (Å²) >= 11 is 5.98. The molecular weight excluding hydrogens is 440 g/mol. The average Bonchev–Trinajstić information content (AvgIpc) is 3.29. The second-order valence-corrected chi connectivity index (χ2v) is 8.39. The lowest BCUT2D eigenvalue weighted by atomic mass is 10.2. The van der Waals surface area contributed by atoms with Gasteiger partial charge in [0.05, 0.1) is 29.2 Å². The van der Waals surface area contributed by atoms with Crippen LogP contribution in [0.4, 0.5) is 5.69 Å². The van der Waals surface area contributed by atoms with Gasteiger partial charge in [-0.15, -0.1) is 0 Å². The zero-order valence-corrected chi connectivity index (χ0v) is 19.7. The molecule has 0 bridgehead atoms.